The third-order valence-corrected chi connectivity index (χ3v) is 4.57. The molecule has 0 saturated carbocycles. The molecular formula is C17H28N2. The van der Waals surface area contributed by atoms with Crippen molar-refractivity contribution in [1.29, 1.82) is 0 Å². The second-order valence-electron chi connectivity index (χ2n) is 6.11. The minimum Gasteiger partial charge on any atom is -0.388 e. The molecule has 0 aromatic heterocycles. The van der Waals surface area contributed by atoms with Gasteiger partial charge in [0.05, 0.1) is 0 Å². The molecule has 0 bridgehead atoms. The maximum atomic E-state index is 3.45. The Morgan fingerprint density at radius 3 is 2.00 bits per heavy atom. The molecule has 19 heavy (non-hydrogen) atoms. The number of anilines is 2. The van der Waals surface area contributed by atoms with Crippen molar-refractivity contribution in [2.24, 2.45) is 0 Å². The molecule has 0 aliphatic carbocycles. The molecule has 1 aliphatic heterocycles. The summed E-state index contributed by atoms with van der Waals surface area (Å²) >= 11 is 0. The van der Waals surface area contributed by atoms with E-state index in [4.69, 9.17) is 0 Å². The highest BCUT2D eigenvalue weighted by Crippen LogP contribution is 2.40. The van der Waals surface area contributed by atoms with E-state index in [1.807, 2.05) is 0 Å². The predicted octanol–water partition coefficient (Wildman–Crippen LogP) is 4.38. The van der Waals surface area contributed by atoms with Gasteiger partial charge in [-0.1, -0.05) is 13.8 Å². The van der Waals surface area contributed by atoms with Gasteiger partial charge in [-0.05, 0) is 61.8 Å². The van der Waals surface area contributed by atoms with Gasteiger partial charge in [0.25, 0.3) is 0 Å². The van der Waals surface area contributed by atoms with E-state index in [9.17, 15) is 0 Å². The lowest BCUT2D eigenvalue weighted by molar-refractivity contribution is 0.849. The monoisotopic (exact) mass is 260 g/mol. The Balaban J connectivity index is 2.65. The van der Waals surface area contributed by atoms with Crippen LogP contribution in [0.1, 0.15) is 54.9 Å². The quantitative estimate of drug-likeness (QED) is 0.867. The zero-order chi connectivity index (χ0) is 14.2. The molecule has 1 saturated heterocycles. The first-order chi connectivity index (χ1) is 8.99. The molecule has 2 nitrogen and oxygen atoms in total. The van der Waals surface area contributed by atoms with Crippen molar-refractivity contribution >= 4 is 11.4 Å². The van der Waals surface area contributed by atoms with Crippen LogP contribution in [0.2, 0.25) is 0 Å². The maximum absolute atomic E-state index is 3.45. The van der Waals surface area contributed by atoms with Crippen LogP contribution in [0.5, 0.6) is 0 Å². The molecule has 1 heterocycles. The fraction of sp³-hybridized carbons (Fsp3) is 0.647. The van der Waals surface area contributed by atoms with Gasteiger partial charge >= 0.3 is 0 Å². The second kappa shape index (κ2) is 5.44. The highest BCUT2D eigenvalue weighted by molar-refractivity contribution is 5.76. The summed E-state index contributed by atoms with van der Waals surface area (Å²) in [6, 6.07) is 0. The van der Waals surface area contributed by atoms with Crippen molar-refractivity contribution in [3.8, 4) is 0 Å². The first kappa shape index (κ1) is 14.2. The van der Waals surface area contributed by atoms with Crippen LogP contribution in [0.25, 0.3) is 0 Å². The molecule has 1 N–H and O–H groups in total. The minimum atomic E-state index is 0.562. The van der Waals surface area contributed by atoms with Gasteiger partial charge in [-0.2, -0.15) is 0 Å². The van der Waals surface area contributed by atoms with Crippen molar-refractivity contribution in [1.82, 2.24) is 0 Å². The average Bonchev–Trinajstić information content (AvgIpc) is 2.86. The largest absolute Gasteiger partial charge is 0.388 e. The fourth-order valence-electron chi connectivity index (χ4n) is 3.63. The van der Waals surface area contributed by atoms with E-state index in [0.29, 0.717) is 5.92 Å². The average molecular weight is 260 g/mol. The maximum Gasteiger partial charge on any atom is 0.0449 e. The van der Waals surface area contributed by atoms with E-state index in [1.54, 1.807) is 0 Å². The highest BCUT2D eigenvalue weighted by atomic mass is 15.1. The molecule has 0 atom stereocenters. The van der Waals surface area contributed by atoms with Crippen LogP contribution in [0.15, 0.2) is 0 Å². The molecule has 0 radical (unpaired) electrons. The Kier molecular flexibility index (Phi) is 4.07. The summed E-state index contributed by atoms with van der Waals surface area (Å²) in [5.74, 6) is 0.562. The Hall–Kier alpha value is -1.18. The molecular weight excluding hydrogens is 232 g/mol. The van der Waals surface area contributed by atoms with Gasteiger partial charge in [0.2, 0.25) is 0 Å². The standard InChI is InChI=1S/C17H28N2/c1-11(2)15-12(3)13(4)17(14(5)16(15)18-6)19-9-7-8-10-19/h11,18H,7-10H2,1-6H3. The summed E-state index contributed by atoms with van der Waals surface area (Å²) < 4.78 is 0. The molecule has 0 unspecified atom stereocenters. The Labute approximate surface area is 118 Å². The lowest BCUT2D eigenvalue weighted by atomic mass is 9.88. The van der Waals surface area contributed by atoms with Crippen molar-refractivity contribution in [3.05, 3.63) is 22.3 Å². The first-order valence-electron chi connectivity index (χ1n) is 7.55. The molecule has 1 aromatic carbocycles. The summed E-state index contributed by atoms with van der Waals surface area (Å²) in [7, 11) is 2.05. The molecule has 1 fully saturated rings. The molecule has 0 amide bonds. The van der Waals surface area contributed by atoms with Crippen LogP contribution in [-0.2, 0) is 0 Å². The second-order valence-corrected chi connectivity index (χ2v) is 6.11. The molecule has 0 spiro atoms. The van der Waals surface area contributed by atoms with E-state index in [-0.39, 0.29) is 0 Å². The lowest BCUT2D eigenvalue weighted by Gasteiger charge is -2.29. The number of hydrogen-bond donors (Lipinski definition) is 1. The van der Waals surface area contributed by atoms with Gasteiger partial charge in [-0.25, -0.2) is 0 Å². The third-order valence-electron chi connectivity index (χ3n) is 4.57. The fourth-order valence-corrected chi connectivity index (χ4v) is 3.63. The molecule has 1 aromatic rings. The van der Waals surface area contributed by atoms with Gasteiger partial charge in [0, 0.05) is 31.5 Å². The SMILES string of the molecule is CNc1c(C)c(N2CCCC2)c(C)c(C)c1C(C)C. The van der Waals surface area contributed by atoms with E-state index in [0.717, 1.165) is 0 Å². The highest BCUT2D eigenvalue weighted by Gasteiger charge is 2.23. The van der Waals surface area contributed by atoms with Gasteiger partial charge in [0.15, 0.2) is 0 Å². The van der Waals surface area contributed by atoms with Crippen molar-refractivity contribution in [2.45, 2.75) is 53.4 Å². The minimum absolute atomic E-state index is 0.562. The molecule has 106 valence electrons. The number of nitrogens with zero attached hydrogens (tertiary/aromatic N) is 1. The number of nitrogens with one attached hydrogen (secondary N) is 1. The molecule has 2 heteroatoms. The van der Waals surface area contributed by atoms with Crippen LogP contribution < -0.4 is 10.2 Å². The third kappa shape index (κ3) is 2.33. The van der Waals surface area contributed by atoms with Crippen LogP contribution in [-0.4, -0.2) is 20.1 Å². The van der Waals surface area contributed by atoms with Crippen LogP contribution >= 0.6 is 0 Å². The lowest BCUT2D eigenvalue weighted by Crippen LogP contribution is -2.21. The predicted molar refractivity (Wildman–Crippen MR) is 85.7 cm³/mol. The van der Waals surface area contributed by atoms with Gasteiger partial charge < -0.3 is 10.2 Å². The topological polar surface area (TPSA) is 15.3 Å². The van der Waals surface area contributed by atoms with E-state index >= 15 is 0 Å². The zero-order valence-electron chi connectivity index (χ0n) is 13.4. The van der Waals surface area contributed by atoms with Gasteiger partial charge in [-0.15, -0.1) is 0 Å². The van der Waals surface area contributed by atoms with E-state index in [2.05, 4.69) is 51.9 Å². The first-order valence-corrected chi connectivity index (χ1v) is 7.55. The number of rotatable bonds is 3. The Morgan fingerprint density at radius 2 is 1.53 bits per heavy atom. The van der Waals surface area contributed by atoms with E-state index < -0.39 is 0 Å². The summed E-state index contributed by atoms with van der Waals surface area (Å²) in [6.07, 6.45) is 2.66. The zero-order valence-corrected chi connectivity index (χ0v) is 13.4. The molecule has 2 rings (SSSR count). The van der Waals surface area contributed by atoms with Crippen molar-refractivity contribution in [2.75, 3.05) is 30.4 Å². The summed E-state index contributed by atoms with van der Waals surface area (Å²) in [5.41, 5.74) is 8.68. The van der Waals surface area contributed by atoms with Crippen LogP contribution in [0.4, 0.5) is 11.4 Å². The van der Waals surface area contributed by atoms with E-state index in [1.165, 1.54) is 59.6 Å². The van der Waals surface area contributed by atoms with Gasteiger partial charge in [0.1, 0.15) is 0 Å². The Morgan fingerprint density at radius 1 is 0.947 bits per heavy atom. The Bertz CT molecular complexity index is 469. The summed E-state index contributed by atoms with van der Waals surface area (Å²) in [6.45, 7) is 13.9. The van der Waals surface area contributed by atoms with Crippen molar-refractivity contribution in [3.63, 3.8) is 0 Å². The summed E-state index contributed by atoms with van der Waals surface area (Å²) in [4.78, 5) is 2.57. The smallest absolute Gasteiger partial charge is 0.0449 e. The van der Waals surface area contributed by atoms with Crippen LogP contribution in [0.3, 0.4) is 0 Å². The van der Waals surface area contributed by atoms with Crippen molar-refractivity contribution < 1.29 is 0 Å². The normalized spacial score (nSPS) is 15.4. The number of hydrogen-bond acceptors (Lipinski definition) is 2. The van der Waals surface area contributed by atoms with Crippen LogP contribution in [0, 0.1) is 20.8 Å². The summed E-state index contributed by atoms with van der Waals surface area (Å²) in [5, 5.41) is 3.45. The number of benzene rings is 1. The molecule has 1 aliphatic rings. The van der Waals surface area contributed by atoms with Gasteiger partial charge in [-0.3, -0.25) is 0 Å².